The van der Waals surface area contributed by atoms with Crippen LogP contribution in [-0.2, 0) is 27.1 Å². The molecule has 3 unspecified atom stereocenters. The average molecular weight is 434 g/mol. The summed E-state index contributed by atoms with van der Waals surface area (Å²) in [6.07, 6.45) is 4.97. The van der Waals surface area contributed by atoms with Crippen LogP contribution >= 0.6 is 0 Å². The van der Waals surface area contributed by atoms with Gasteiger partial charge in [0, 0.05) is 19.8 Å². The second-order valence-electron chi connectivity index (χ2n) is 9.35. The number of ether oxygens (including phenoxy) is 2. The summed E-state index contributed by atoms with van der Waals surface area (Å²) in [4.78, 5) is 25.6. The van der Waals surface area contributed by atoms with Gasteiger partial charge in [-0.1, -0.05) is 13.8 Å². The molecule has 0 aromatic carbocycles. The third kappa shape index (κ3) is 4.37. The van der Waals surface area contributed by atoms with Crippen molar-refractivity contribution in [2.75, 3.05) is 26.4 Å². The zero-order valence-corrected chi connectivity index (χ0v) is 18.7. The van der Waals surface area contributed by atoms with Crippen molar-refractivity contribution in [3.05, 3.63) is 17.0 Å². The monoisotopic (exact) mass is 433 g/mol. The van der Waals surface area contributed by atoms with Crippen LogP contribution in [-0.4, -0.2) is 59.2 Å². The molecular formula is C23H35N3O5. The smallest absolute Gasteiger partial charge is 0.309 e. The lowest BCUT2D eigenvalue weighted by Crippen LogP contribution is -2.41. The number of amides is 1. The predicted octanol–water partition coefficient (Wildman–Crippen LogP) is 2.18. The van der Waals surface area contributed by atoms with Gasteiger partial charge in [0.1, 0.15) is 0 Å². The van der Waals surface area contributed by atoms with Crippen molar-refractivity contribution in [3.8, 4) is 0 Å². The van der Waals surface area contributed by atoms with Crippen LogP contribution in [0.4, 0.5) is 0 Å². The van der Waals surface area contributed by atoms with Crippen molar-refractivity contribution in [2.24, 2.45) is 11.3 Å². The highest BCUT2D eigenvalue weighted by Crippen LogP contribution is 2.41. The standard InChI is InChI=1S/C23H35N3O5/c1-3-9-31-22(29)15-5-6-19(27)17(12-15)26-18-13-23(7-10-30-11-8-23)14-24-21(28)20(18)16(4-2)25-26/h15,17,19,27H,3-14H2,1-2H3,(H,24,28). The number of hydrogen-bond donors (Lipinski definition) is 2. The van der Waals surface area contributed by atoms with Crippen LogP contribution in [0.1, 0.15) is 80.2 Å². The largest absolute Gasteiger partial charge is 0.465 e. The first-order valence-electron chi connectivity index (χ1n) is 11.8. The molecule has 1 aliphatic carbocycles. The van der Waals surface area contributed by atoms with E-state index in [9.17, 15) is 14.7 Å². The molecule has 2 N–H and O–H groups in total. The van der Waals surface area contributed by atoms with Crippen LogP contribution in [0.15, 0.2) is 0 Å². The Bertz CT molecular complexity index is 814. The summed E-state index contributed by atoms with van der Waals surface area (Å²) >= 11 is 0. The maximum atomic E-state index is 13.0. The Labute approximate surface area is 183 Å². The van der Waals surface area contributed by atoms with E-state index in [4.69, 9.17) is 14.6 Å². The molecule has 1 amide bonds. The number of aliphatic hydroxyl groups is 1. The summed E-state index contributed by atoms with van der Waals surface area (Å²) < 4.78 is 12.9. The quantitative estimate of drug-likeness (QED) is 0.690. The minimum Gasteiger partial charge on any atom is -0.465 e. The summed E-state index contributed by atoms with van der Waals surface area (Å²) in [5.74, 6) is -0.515. The van der Waals surface area contributed by atoms with Crippen LogP contribution in [0.5, 0.6) is 0 Å². The fourth-order valence-electron chi connectivity index (χ4n) is 5.33. The Hall–Kier alpha value is -1.93. The van der Waals surface area contributed by atoms with Crippen LogP contribution in [0.3, 0.4) is 0 Å². The number of nitrogens with zero attached hydrogens (tertiary/aromatic N) is 2. The maximum absolute atomic E-state index is 13.0. The second-order valence-corrected chi connectivity index (χ2v) is 9.35. The zero-order chi connectivity index (χ0) is 22.0. The van der Waals surface area contributed by atoms with Gasteiger partial charge in [-0.2, -0.15) is 5.10 Å². The number of hydrogen-bond acceptors (Lipinski definition) is 6. The molecule has 1 aromatic heterocycles. The van der Waals surface area contributed by atoms with Gasteiger partial charge in [-0.3, -0.25) is 14.3 Å². The van der Waals surface area contributed by atoms with Crippen molar-refractivity contribution in [3.63, 3.8) is 0 Å². The molecule has 4 rings (SSSR count). The topological polar surface area (TPSA) is 103 Å². The van der Waals surface area contributed by atoms with Gasteiger partial charge in [0.15, 0.2) is 0 Å². The summed E-state index contributed by atoms with van der Waals surface area (Å²) in [5, 5.41) is 18.8. The minimum absolute atomic E-state index is 0.0545. The average Bonchev–Trinajstić information content (AvgIpc) is 3.08. The molecule has 0 bridgehead atoms. The van der Waals surface area contributed by atoms with E-state index in [1.807, 2.05) is 18.5 Å². The normalized spacial score (nSPS) is 28.0. The number of fused-ring (bicyclic) bond motifs is 1. The molecule has 8 nitrogen and oxygen atoms in total. The fourth-order valence-corrected chi connectivity index (χ4v) is 5.33. The molecule has 3 aliphatic rings. The van der Waals surface area contributed by atoms with Crippen LogP contribution in [0.2, 0.25) is 0 Å². The van der Waals surface area contributed by atoms with Crippen LogP contribution in [0.25, 0.3) is 0 Å². The first-order chi connectivity index (χ1) is 15.0. The zero-order valence-electron chi connectivity index (χ0n) is 18.7. The van der Waals surface area contributed by atoms with Crippen molar-refractivity contribution in [2.45, 2.75) is 77.4 Å². The number of esters is 1. The van der Waals surface area contributed by atoms with E-state index >= 15 is 0 Å². The molecule has 1 aromatic rings. The second kappa shape index (κ2) is 9.28. The van der Waals surface area contributed by atoms with Gasteiger partial charge in [0.2, 0.25) is 0 Å². The lowest BCUT2D eigenvalue weighted by atomic mass is 9.76. The van der Waals surface area contributed by atoms with Crippen LogP contribution in [0, 0.1) is 11.3 Å². The molecular weight excluding hydrogens is 398 g/mol. The van der Waals surface area contributed by atoms with Gasteiger partial charge in [0.25, 0.3) is 5.91 Å². The number of carbonyl (C=O) groups is 2. The number of aliphatic hydroxyl groups excluding tert-OH is 1. The van der Waals surface area contributed by atoms with E-state index in [1.54, 1.807) is 0 Å². The fraction of sp³-hybridized carbons (Fsp3) is 0.783. The predicted molar refractivity (Wildman–Crippen MR) is 114 cm³/mol. The Morgan fingerprint density at radius 3 is 2.81 bits per heavy atom. The van der Waals surface area contributed by atoms with E-state index < -0.39 is 6.10 Å². The first kappa shape index (κ1) is 22.3. The third-order valence-corrected chi connectivity index (χ3v) is 7.24. The van der Waals surface area contributed by atoms with Gasteiger partial charge >= 0.3 is 5.97 Å². The molecule has 8 heteroatoms. The number of nitrogens with one attached hydrogen (secondary N) is 1. The summed E-state index contributed by atoms with van der Waals surface area (Å²) in [6.45, 7) is 6.41. The Morgan fingerprint density at radius 1 is 1.32 bits per heavy atom. The van der Waals surface area contributed by atoms with Crippen LogP contribution < -0.4 is 5.32 Å². The van der Waals surface area contributed by atoms with E-state index in [-0.39, 0.29) is 29.3 Å². The molecule has 1 spiro atoms. The minimum atomic E-state index is -0.596. The Balaban J connectivity index is 1.68. The van der Waals surface area contributed by atoms with Crippen molar-refractivity contribution >= 4 is 11.9 Å². The van der Waals surface area contributed by atoms with Crippen molar-refractivity contribution in [1.82, 2.24) is 15.1 Å². The summed E-state index contributed by atoms with van der Waals surface area (Å²) in [6, 6.07) is -0.329. The third-order valence-electron chi connectivity index (χ3n) is 7.24. The molecule has 31 heavy (non-hydrogen) atoms. The molecule has 3 atom stereocenters. The maximum Gasteiger partial charge on any atom is 0.309 e. The molecule has 2 aliphatic heterocycles. The number of rotatable bonds is 5. The molecule has 3 heterocycles. The Kier molecular flexibility index (Phi) is 6.67. The first-order valence-corrected chi connectivity index (χ1v) is 11.8. The van der Waals surface area contributed by atoms with Crippen molar-refractivity contribution in [1.29, 1.82) is 0 Å². The van der Waals surface area contributed by atoms with Gasteiger partial charge in [0.05, 0.1) is 41.6 Å². The van der Waals surface area contributed by atoms with E-state index in [2.05, 4.69) is 5.32 Å². The van der Waals surface area contributed by atoms with E-state index in [0.717, 1.165) is 37.1 Å². The van der Waals surface area contributed by atoms with E-state index in [0.29, 0.717) is 57.6 Å². The lowest BCUT2D eigenvalue weighted by molar-refractivity contribution is -0.151. The van der Waals surface area contributed by atoms with Gasteiger partial charge < -0.3 is 19.9 Å². The number of carbonyl (C=O) groups excluding carboxylic acids is 2. The lowest BCUT2D eigenvalue weighted by Gasteiger charge is -2.37. The number of aryl methyl sites for hydroxylation is 1. The van der Waals surface area contributed by atoms with Gasteiger partial charge in [-0.25, -0.2) is 0 Å². The molecule has 2 fully saturated rings. The van der Waals surface area contributed by atoms with E-state index in [1.165, 1.54) is 0 Å². The van der Waals surface area contributed by atoms with Gasteiger partial charge in [-0.05, 0) is 56.8 Å². The number of aromatic nitrogens is 2. The van der Waals surface area contributed by atoms with Crippen molar-refractivity contribution < 1.29 is 24.2 Å². The highest BCUT2D eigenvalue weighted by atomic mass is 16.5. The highest BCUT2D eigenvalue weighted by molar-refractivity contribution is 5.97. The van der Waals surface area contributed by atoms with Gasteiger partial charge in [-0.15, -0.1) is 0 Å². The molecule has 172 valence electrons. The Morgan fingerprint density at radius 2 is 2.10 bits per heavy atom. The molecule has 1 saturated carbocycles. The SMILES string of the molecule is CCCOC(=O)C1CCC(O)C(n2nc(CC)c3c2CC2(CCOCC2)CNC3=O)C1. The summed E-state index contributed by atoms with van der Waals surface area (Å²) in [5.41, 5.74) is 2.27. The molecule has 1 saturated heterocycles. The molecule has 0 radical (unpaired) electrons. The highest BCUT2D eigenvalue weighted by Gasteiger charge is 2.43. The summed E-state index contributed by atoms with van der Waals surface area (Å²) in [7, 11) is 0.